The van der Waals surface area contributed by atoms with Gasteiger partial charge in [-0.3, -0.25) is 4.79 Å². The van der Waals surface area contributed by atoms with Crippen LogP contribution < -0.4 is 11.1 Å². The fourth-order valence-electron chi connectivity index (χ4n) is 1.68. The lowest BCUT2D eigenvalue weighted by atomic mass is 9.94. The molecule has 0 radical (unpaired) electrons. The SMILES string of the molecule is C#CCCCNC(=O)CC(CN)CC(C)C. The lowest BCUT2D eigenvalue weighted by molar-refractivity contribution is -0.122. The van der Waals surface area contributed by atoms with E-state index in [1.165, 1.54) is 0 Å². The molecule has 0 heterocycles. The molecule has 0 aromatic rings. The predicted octanol–water partition coefficient (Wildman–Crippen LogP) is 1.53. The van der Waals surface area contributed by atoms with E-state index in [0.717, 1.165) is 12.8 Å². The van der Waals surface area contributed by atoms with E-state index in [1.54, 1.807) is 0 Å². The minimum atomic E-state index is 0.0909. The molecular weight excluding hydrogens is 200 g/mol. The minimum absolute atomic E-state index is 0.0909. The van der Waals surface area contributed by atoms with Crippen molar-refractivity contribution in [3.05, 3.63) is 0 Å². The fourth-order valence-corrected chi connectivity index (χ4v) is 1.68. The zero-order chi connectivity index (χ0) is 12.4. The average molecular weight is 224 g/mol. The van der Waals surface area contributed by atoms with Crippen LogP contribution in [0.5, 0.6) is 0 Å². The van der Waals surface area contributed by atoms with E-state index >= 15 is 0 Å². The van der Waals surface area contributed by atoms with Crippen LogP contribution in [-0.2, 0) is 4.79 Å². The number of terminal acetylenes is 1. The Morgan fingerprint density at radius 3 is 2.69 bits per heavy atom. The van der Waals surface area contributed by atoms with Crippen LogP contribution in [0.25, 0.3) is 0 Å². The zero-order valence-electron chi connectivity index (χ0n) is 10.5. The van der Waals surface area contributed by atoms with E-state index in [-0.39, 0.29) is 5.91 Å². The van der Waals surface area contributed by atoms with Crippen molar-refractivity contribution in [1.82, 2.24) is 5.32 Å². The summed E-state index contributed by atoms with van der Waals surface area (Å²) >= 11 is 0. The smallest absolute Gasteiger partial charge is 0.220 e. The highest BCUT2D eigenvalue weighted by atomic mass is 16.1. The second-order valence-electron chi connectivity index (χ2n) is 4.59. The number of amides is 1. The molecule has 0 fully saturated rings. The van der Waals surface area contributed by atoms with Gasteiger partial charge >= 0.3 is 0 Å². The maximum absolute atomic E-state index is 11.5. The molecule has 92 valence electrons. The molecule has 0 spiro atoms. The second kappa shape index (κ2) is 9.23. The van der Waals surface area contributed by atoms with Crippen molar-refractivity contribution in [3.63, 3.8) is 0 Å². The summed E-state index contributed by atoms with van der Waals surface area (Å²) in [4.78, 5) is 11.5. The Kier molecular flexibility index (Phi) is 8.65. The Labute approximate surface area is 99.2 Å². The summed E-state index contributed by atoms with van der Waals surface area (Å²) in [5, 5.41) is 2.87. The molecule has 0 rings (SSSR count). The van der Waals surface area contributed by atoms with Gasteiger partial charge in [0, 0.05) is 19.4 Å². The standard InChI is InChI=1S/C13H24N2O/c1-4-5-6-7-15-13(16)9-12(10-14)8-11(2)3/h1,11-12H,5-10,14H2,2-3H3,(H,15,16). The van der Waals surface area contributed by atoms with Crippen molar-refractivity contribution in [2.45, 2.75) is 39.5 Å². The largest absolute Gasteiger partial charge is 0.356 e. The Balaban J connectivity index is 3.71. The molecule has 0 aliphatic rings. The number of carbonyl (C=O) groups excluding carboxylic acids is 1. The van der Waals surface area contributed by atoms with Gasteiger partial charge in [-0.05, 0) is 31.2 Å². The molecule has 0 saturated heterocycles. The molecule has 3 N–H and O–H groups in total. The van der Waals surface area contributed by atoms with E-state index in [9.17, 15) is 4.79 Å². The molecule has 0 aromatic carbocycles. The third-order valence-electron chi connectivity index (χ3n) is 2.43. The summed E-state index contributed by atoms with van der Waals surface area (Å²) in [5.74, 6) is 3.52. The van der Waals surface area contributed by atoms with E-state index in [4.69, 9.17) is 12.2 Å². The van der Waals surface area contributed by atoms with Crippen LogP contribution in [0.3, 0.4) is 0 Å². The molecule has 3 heteroatoms. The molecule has 0 saturated carbocycles. The van der Waals surface area contributed by atoms with Crippen molar-refractivity contribution in [1.29, 1.82) is 0 Å². The highest BCUT2D eigenvalue weighted by molar-refractivity contribution is 5.76. The van der Waals surface area contributed by atoms with Crippen LogP contribution >= 0.6 is 0 Å². The monoisotopic (exact) mass is 224 g/mol. The molecule has 0 aliphatic heterocycles. The minimum Gasteiger partial charge on any atom is -0.356 e. The Morgan fingerprint density at radius 1 is 1.50 bits per heavy atom. The first-order valence-corrected chi connectivity index (χ1v) is 6.00. The van der Waals surface area contributed by atoms with E-state index in [1.807, 2.05) is 0 Å². The van der Waals surface area contributed by atoms with Gasteiger partial charge in [-0.1, -0.05) is 13.8 Å². The van der Waals surface area contributed by atoms with E-state index in [0.29, 0.717) is 37.8 Å². The van der Waals surface area contributed by atoms with Crippen molar-refractivity contribution in [2.75, 3.05) is 13.1 Å². The van der Waals surface area contributed by atoms with Gasteiger partial charge in [-0.2, -0.15) is 0 Å². The molecule has 0 aromatic heterocycles. The number of unbranched alkanes of at least 4 members (excludes halogenated alkanes) is 1. The lowest BCUT2D eigenvalue weighted by Gasteiger charge is -2.16. The van der Waals surface area contributed by atoms with Gasteiger partial charge in [0.1, 0.15) is 0 Å². The lowest BCUT2D eigenvalue weighted by Crippen LogP contribution is -2.29. The number of nitrogens with one attached hydrogen (secondary N) is 1. The normalized spacial score (nSPS) is 12.2. The first-order valence-electron chi connectivity index (χ1n) is 6.00. The first-order chi connectivity index (χ1) is 7.60. The molecule has 16 heavy (non-hydrogen) atoms. The van der Waals surface area contributed by atoms with Gasteiger partial charge in [0.15, 0.2) is 0 Å². The molecule has 1 unspecified atom stereocenters. The van der Waals surface area contributed by atoms with Gasteiger partial charge < -0.3 is 11.1 Å². The molecular formula is C13H24N2O. The van der Waals surface area contributed by atoms with Crippen LogP contribution in [0.1, 0.15) is 39.5 Å². The third kappa shape index (κ3) is 8.31. The summed E-state index contributed by atoms with van der Waals surface area (Å²) in [5.41, 5.74) is 5.64. The topological polar surface area (TPSA) is 55.1 Å². The van der Waals surface area contributed by atoms with E-state index in [2.05, 4.69) is 25.1 Å². The summed E-state index contributed by atoms with van der Waals surface area (Å²) in [6.45, 7) is 5.54. The fraction of sp³-hybridized carbons (Fsp3) is 0.769. The molecule has 1 atom stereocenters. The van der Waals surface area contributed by atoms with E-state index < -0.39 is 0 Å². The molecule has 3 nitrogen and oxygen atoms in total. The summed E-state index contributed by atoms with van der Waals surface area (Å²) in [7, 11) is 0. The maximum Gasteiger partial charge on any atom is 0.220 e. The van der Waals surface area contributed by atoms with Crippen LogP contribution in [0.2, 0.25) is 0 Å². The van der Waals surface area contributed by atoms with Crippen LogP contribution in [-0.4, -0.2) is 19.0 Å². The van der Waals surface area contributed by atoms with Crippen molar-refractivity contribution in [3.8, 4) is 12.3 Å². The number of carbonyl (C=O) groups is 1. The maximum atomic E-state index is 11.5. The quantitative estimate of drug-likeness (QED) is 0.485. The average Bonchev–Trinajstić information content (AvgIpc) is 2.23. The van der Waals surface area contributed by atoms with Gasteiger partial charge in [-0.15, -0.1) is 12.3 Å². The summed E-state index contributed by atoms with van der Waals surface area (Å²) in [6, 6.07) is 0. The van der Waals surface area contributed by atoms with Crippen molar-refractivity contribution in [2.24, 2.45) is 17.6 Å². The van der Waals surface area contributed by atoms with Gasteiger partial charge in [-0.25, -0.2) is 0 Å². The number of nitrogens with two attached hydrogens (primary N) is 1. The first kappa shape index (κ1) is 15.0. The Bertz CT molecular complexity index is 231. The predicted molar refractivity (Wildman–Crippen MR) is 67.7 cm³/mol. The summed E-state index contributed by atoms with van der Waals surface area (Å²) < 4.78 is 0. The zero-order valence-corrected chi connectivity index (χ0v) is 10.5. The number of rotatable bonds is 8. The molecule has 0 bridgehead atoms. The van der Waals surface area contributed by atoms with Gasteiger partial charge in [0.25, 0.3) is 0 Å². The Hall–Kier alpha value is -1.01. The van der Waals surface area contributed by atoms with Crippen LogP contribution in [0.15, 0.2) is 0 Å². The highest BCUT2D eigenvalue weighted by Crippen LogP contribution is 2.13. The number of hydrogen-bond acceptors (Lipinski definition) is 2. The molecule has 0 aliphatic carbocycles. The second-order valence-corrected chi connectivity index (χ2v) is 4.59. The van der Waals surface area contributed by atoms with Crippen LogP contribution in [0, 0.1) is 24.2 Å². The summed E-state index contributed by atoms with van der Waals surface area (Å²) in [6.07, 6.45) is 8.23. The third-order valence-corrected chi connectivity index (χ3v) is 2.43. The van der Waals surface area contributed by atoms with Crippen molar-refractivity contribution < 1.29 is 4.79 Å². The van der Waals surface area contributed by atoms with Gasteiger partial charge in [0.2, 0.25) is 5.91 Å². The number of hydrogen-bond donors (Lipinski definition) is 2. The van der Waals surface area contributed by atoms with Crippen molar-refractivity contribution >= 4 is 5.91 Å². The van der Waals surface area contributed by atoms with Gasteiger partial charge in [0.05, 0.1) is 0 Å². The van der Waals surface area contributed by atoms with Crippen LogP contribution in [0.4, 0.5) is 0 Å². The molecule has 1 amide bonds. The highest BCUT2D eigenvalue weighted by Gasteiger charge is 2.13. The Morgan fingerprint density at radius 2 is 2.19 bits per heavy atom.